The van der Waals surface area contributed by atoms with Crippen LogP contribution in [0.2, 0.25) is 0 Å². The lowest BCUT2D eigenvalue weighted by atomic mass is 9.76. The van der Waals surface area contributed by atoms with Crippen LogP contribution in [-0.2, 0) is 11.2 Å². The van der Waals surface area contributed by atoms with Crippen molar-refractivity contribution in [3.8, 4) is 0 Å². The normalized spacial score (nSPS) is 13.9. The summed E-state index contributed by atoms with van der Waals surface area (Å²) in [6.07, 6.45) is 9.14. The lowest BCUT2D eigenvalue weighted by Crippen LogP contribution is -2.21. The Bertz CT molecular complexity index is 401. The summed E-state index contributed by atoms with van der Waals surface area (Å²) in [5.74, 6) is 0.325. The van der Waals surface area contributed by atoms with Crippen molar-refractivity contribution in [2.45, 2.75) is 65.2 Å². The summed E-state index contributed by atoms with van der Waals surface area (Å²) >= 11 is 3.48. The van der Waals surface area contributed by atoms with Gasteiger partial charge in [0.2, 0.25) is 0 Å². The van der Waals surface area contributed by atoms with Gasteiger partial charge in [0, 0.05) is 11.8 Å². The highest BCUT2D eigenvalue weighted by Crippen LogP contribution is 2.34. The van der Waals surface area contributed by atoms with Gasteiger partial charge in [0.05, 0.1) is 0 Å². The van der Waals surface area contributed by atoms with Crippen molar-refractivity contribution in [2.24, 2.45) is 5.41 Å². The quantitative estimate of drug-likeness (QED) is 0.355. The summed E-state index contributed by atoms with van der Waals surface area (Å²) in [6.45, 7) is 4.02. The van der Waals surface area contributed by atoms with Gasteiger partial charge in [-0.1, -0.05) is 72.4 Å². The van der Waals surface area contributed by atoms with Crippen molar-refractivity contribution < 1.29 is 4.79 Å². The first-order chi connectivity index (χ1) is 10.1. The minimum Gasteiger partial charge on any atom is -0.300 e. The third kappa shape index (κ3) is 8.40. The summed E-state index contributed by atoms with van der Waals surface area (Å²) in [4.78, 5) is 11.6. The molecule has 0 unspecified atom stereocenters. The molecule has 0 bridgehead atoms. The number of halogens is 1. The first kappa shape index (κ1) is 18.4. The predicted molar refractivity (Wildman–Crippen MR) is 95.0 cm³/mol. The number of hydrogen-bond donors (Lipinski definition) is 0. The lowest BCUT2D eigenvalue weighted by molar-refractivity contribution is -0.119. The van der Waals surface area contributed by atoms with E-state index in [2.05, 4.69) is 53.2 Å². The van der Waals surface area contributed by atoms with E-state index in [1.807, 2.05) is 0 Å². The molecule has 0 amide bonds. The van der Waals surface area contributed by atoms with E-state index in [0.29, 0.717) is 5.78 Å². The number of benzene rings is 1. The highest BCUT2D eigenvalue weighted by atomic mass is 79.9. The van der Waals surface area contributed by atoms with Crippen molar-refractivity contribution in [1.29, 1.82) is 0 Å². The predicted octanol–water partition coefficient (Wildman–Crippen LogP) is 5.95. The molecular weight excluding hydrogens is 324 g/mol. The second-order valence-electron chi connectivity index (χ2n) is 6.53. The molecule has 0 aromatic heterocycles. The molecule has 0 aliphatic heterocycles. The van der Waals surface area contributed by atoms with Crippen LogP contribution in [0.1, 0.15) is 64.4 Å². The minimum absolute atomic E-state index is 0.163. The van der Waals surface area contributed by atoms with E-state index in [1.165, 1.54) is 37.7 Å². The number of aryl methyl sites for hydroxylation is 1. The Morgan fingerprint density at radius 1 is 1.05 bits per heavy atom. The monoisotopic (exact) mass is 352 g/mol. The lowest BCUT2D eigenvalue weighted by Gasteiger charge is -2.29. The zero-order valence-electron chi connectivity index (χ0n) is 13.5. The third-order valence-electron chi connectivity index (χ3n) is 4.20. The Morgan fingerprint density at radius 3 is 2.33 bits per heavy atom. The van der Waals surface area contributed by atoms with Crippen LogP contribution in [0.15, 0.2) is 30.3 Å². The summed E-state index contributed by atoms with van der Waals surface area (Å²) < 4.78 is 0. The van der Waals surface area contributed by atoms with Crippen LogP contribution < -0.4 is 0 Å². The first-order valence-electron chi connectivity index (χ1n) is 8.15. The average Bonchev–Trinajstić information content (AvgIpc) is 2.45. The van der Waals surface area contributed by atoms with Crippen LogP contribution in [0.5, 0.6) is 0 Å². The first-order valence-corrected chi connectivity index (χ1v) is 9.27. The van der Waals surface area contributed by atoms with Gasteiger partial charge in [-0.2, -0.15) is 0 Å². The summed E-state index contributed by atoms with van der Waals surface area (Å²) in [6, 6.07) is 10.6. The largest absolute Gasteiger partial charge is 0.300 e. The molecule has 0 saturated carbocycles. The van der Waals surface area contributed by atoms with E-state index in [0.717, 1.165) is 24.6 Å². The maximum Gasteiger partial charge on any atom is 0.130 e. The van der Waals surface area contributed by atoms with E-state index in [9.17, 15) is 4.79 Å². The Morgan fingerprint density at radius 2 is 1.71 bits per heavy atom. The molecule has 0 fully saturated rings. The topological polar surface area (TPSA) is 17.1 Å². The van der Waals surface area contributed by atoms with Crippen LogP contribution in [-0.4, -0.2) is 11.1 Å². The fraction of sp³-hybridized carbons (Fsp3) is 0.632. The van der Waals surface area contributed by atoms with Crippen LogP contribution in [0.25, 0.3) is 0 Å². The number of alkyl halides is 1. The van der Waals surface area contributed by atoms with Gasteiger partial charge in [0.15, 0.2) is 0 Å². The van der Waals surface area contributed by atoms with Crippen LogP contribution >= 0.6 is 15.9 Å². The zero-order chi connectivity index (χ0) is 15.6. The minimum atomic E-state index is 0.163. The number of hydrogen-bond acceptors (Lipinski definition) is 1. The average molecular weight is 353 g/mol. The maximum absolute atomic E-state index is 11.6. The van der Waals surface area contributed by atoms with Gasteiger partial charge in [-0.05, 0) is 43.6 Å². The number of unbranched alkanes of at least 4 members (excludes halogenated alkanes) is 3. The number of carbonyl (C=O) groups is 1. The number of ketones is 1. The molecule has 0 heterocycles. The van der Waals surface area contributed by atoms with Gasteiger partial charge >= 0.3 is 0 Å². The fourth-order valence-electron chi connectivity index (χ4n) is 2.99. The van der Waals surface area contributed by atoms with Crippen molar-refractivity contribution in [1.82, 2.24) is 0 Å². The van der Waals surface area contributed by atoms with Crippen molar-refractivity contribution in [3.63, 3.8) is 0 Å². The van der Waals surface area contributed by atoms with Crippen molar-refractivity contribution in [3.05, 3.63) is 35.9 Å². The van der Waals surface area contributed by atoms with Crippen LogP contribution in [0.3, 0.4) is 0 Å². The SMILES string of the molecule is CC(=O)C[C@@](C)(CCCCCCBr)CCc1ccccc1. The molecule has 1 aromatic carbocycles. The molecule has 21 heavy (non-hydrogen) atoms. The van der Waals surface area contributed by atoms with Gasteiger partial charge in [0.25, 0.3) is 0 Å². The molecule has 0 saturated heterocycles. The second-order valence-corrected chi connectivity index (χ2v) is 7.32. The van der Waals surface area contributed by atoms with Gasteiger partial charge in [-0.25, -0.2) is 0 Å². The molecular formula is C19H29BrO. The molecule has 118 valence electrons. The molecule has 0 radical (unpaired) electrons. The Balaban J connectivity index is 2.46. The van der Waals surface area contributed by atoms with Gasteiger partial charge < -0.3 is 4.79 Å². The van der Waals surface area contributed by atoms with E-state index in [-0.39, 0.29) is 5.41 Å². The second kappa shape index (κ2) is 10.2. The van der Waals surface area contributed by atoms with E-state index in [4.69, 9.17) is 0 Å². The number of Topliss-reactive ketones (excluding diaryl/α,β-unsaturated/α-hetero) is 1. The van der Waals surface area contributed by atoms with Gasteiger partial charge in [-0.15, -0.1) is 0 Å². The highest BCUT2D eigenvalue weighted by Gasteiger charge is 2.25. The molecule has 0 spiro atoms. The number of rotatable bonds is 11. The molecule has 0 aliphatic carbocycles. The Labute approximate surface area is 138 Å². The summed E-state index contributed by atoms with van der Waals surface area (Å²) in [7, 11) is 0. The van der Waals surface area contributed by atoms with Gasteiger partial charge in [0.1, 0.15) is 5.78 Å². The molecule has 2 heteroatoms. The molecule has 1 nitrogen and oxygen atoms in total. The Kier molecular flexibility index (Phi) is 8.91. The van der Waals surface area contributed by atoms with Crippen molar-refractivity contribution in [2.75, 3.05) is 5.33 Å². The molecule has 0 aliphatic rings. The number of carbonyl (C=O) groups excluding carboxylic acids is 1. The smallest absolute Gasteiger partial charge is 0.130 e. The standard InChI is InChI=1S/C19H29BrO/c1-17(21)16-19(2,13-8-3-4-9-15-20)14-12-18-10-6-5-7-11-18/h5-7,10-11H,3-4,8-9,12-16H2,1-2H3/t19-/m0/s1. The Hall–Kier alpha value is -0.630. The van der Waals surface area contributed by atoms with Crippen molar-refractivity contribution >= 4 is 21.7 Å². The third-order valence-corrected chi connectivity index (χ3v) is 4.76. The van der Waals surface area contributed by atoms with E-state index >= 15 is 0 Å². The molecule has 1 atom stereocenters. The highest BCUT2D eigenvalue weighted by molar-refractivity contribution is 9.09. The molecule has 0 N–H and O–H groups in total. The van der Waals surface area contributed by atoms with Crippen LogP contribution in [0, 0.1) is 5.41 Å². The zero-order valence-corrected chi connectivity index (χ0v) is 15.1. The van der Waals surface area contributed by atoms with E-state index < -0.39 is 0 Å². The van der Waals surface area contributed by atoms with Crippen LogP contribution in [0.4, 0.5) is 0 Å². The molecule has 1 aromatic rings. The molecule has 1 rings (SSSR count). The van der Waals surface area contributed by atoms with E-state index in [1.54, 1.807) is 6.92 Å². The fourth-order valence-corrected chi connectivity index (χ4v) is 3.39. The summed E-state index contributed by atoms with van der Waals surface area (Å²) in [5.41, 5.74) is 1.54. The summed E-state index contributed by atoms with van der Waals surface area (Å²) in [5, 5.41) is 1.10. The van der Waals surface area contributed by atoms with Gasteiger partial charge in [-0.3, -0.25) is 0 Å². The maximum atomic E-state index is 11.6.